The summed E-state index contributed by atoms with van der Waals surface area (Å²) in [6, 6.07) is 3.40. The fraction of sp³-hybridized carbons (Fsp3) is 0.333. The highest BCUT2D eigenvalue weighted by Gasteiger charge is 2.48. The zero-order chi connectivity index (χ0) is 29.0. The first-order chi connectivity index (χ1) is 17.9. The Kier molecular flexibility index (Phi) is 7.13. The van der Waals surface area contributed by atoms with E-state index < -0.39 is 72.2 Å². The predicted molar refractivity (Wildman–Crippen MR) is 119 cm³/mol. The molecule has 0 radical (unpaired) electrons. The second-order valence-corrected chi connectivity index (χ2v) is 9.74. The third-order valence-electron chi connectivity index (χ3n) is 6.21. The fourth-order valence-electron chi connectivity index (χ4n) is 4.09. The molecule has 4 rings (SSSR count). The summed E-state index contributed by atoms with van der Waals surface area (Å²) in [7, 11) is 0. The Hall–Kier alpha value is -3.33. The Morgan fingerprint density at radius 1 is 0.949 bits per heavy atom. The number of amides is 1. The molecule has 1 saturated heterocycles. The van der Waals surface area contributed by atoms with E-state index in [9.17, 15) is 49.4 Å². The van der Waals surface area contributed by atoms with Gasteiger partial charge in [0.25, 0.3) is 0 Å². The maximum atomic E-state index is 13.5. The van der Waals surface area contributed by atoms with Crippen LogP contribution in [0.15, 0.2) is 41.8 Å². The number of nitrogens with zero attached hydrogens (tertiary/aromatic N) is 2. The molecule has 2 heterocycles. The molecule has 210 valence electrons. The van der Waals surface area contributed by atoms with E-state index in [0.29, 0.717) is 18.2 Å². The van der Waals surface area contributed by atoms with Gasteiger partial charge in [-0.05, 0) is 48.4 Å². The fourth-order valence-corrected chi connectivity index (χ4v) is 4.96. The number of hydrogen-bond acceptors (Lipinski definition) is 5. The highest BCUT2D eigenvalue weighted by atomic mass is 32.1. The monoisotopic (exact) mass is 584 g/mol. The van der Waals surface area contributed by atoms with Crippen LogP contribution in [0.5, 0.6) is 0 Å². The van der Waals surface area contributed by atoms with Crippen LogP contribution >= 0.6 is 11.3 Å². The van der Waals surface area contributed by atoms with Crippen molar-refractivity contribution in [3.05, 3.63) is 75.3 Å². The molecule has 1 atom stereocenters. The summed E-state index contributed by atoms with van der Waals surface area (Å²) in [5, 5.41) is 10.9. The van der Waals surface area contributed by atoms with E-state index in [2.05, 4.69) is 4.98 Å². The van der Waals surface area contributed by atoms with Crippen molar-refractivity contribution < 1.29 is 54.2 Å². The Morgan fingerprint density at radius 3 is 2.05 bits per heavy atom. The summed E-state index contributed by atoms with van der Waals surface area (Å²) in [4.78, 5) is 17.6. The summed E-state index contributed by atoms with van der Waals surface area (Å²) in [6.07, 6.45) is -16.3. The molecule has 1 aromatic heterocycles. The lowest BCUT2D eigenvalue weighted by atomic mass is 9.88. The molecule has 39 heavy (non-hydrogen) atoms. The van der Waals surface area contributed by atoms with Gasteiger partial charge in [-0.2, -0.15) is 39.5 Å². The molecule has 0 bridgehead atoms. The smallest absolute Gasteiger partial charge is 0.416 e. The van der Waals surface area contributed by atoms with Crippen LogP contribution in [0.3, 0.4) is 0 Å². The van der Waals surface area contributed by atoms with Gasteiger partial charge in [-0.15, -0.1) is 11.3 Å². The van der Waals surface area contributed by atoms with Gasteiger partial charge in [-0.1, -0.05) is 6.07 Å². The van der Waals surface area contributed by atoms with Crippen LogP contribution in [-0.4, -0.2) is 27.7 Å². The number of aromatic nitrogens is 1. The number of carbonyl (C=O) groups excluding carboxylic acids is 1. The Bertz CT molecular complexity index is 1370. The molecular weight excluding hydrogens is 567 g/mol. The number of carbonyl (C=O) groups is 1. The maximum Gasteiger partial charge on any atom is 0.416 e. The molecule has 0 saturated carbocycles. The van der Waals surface area contributed by atoms with Gasteiger partial charge in [0, 0.05) is 10.9 Å². The first-order valence-electron chi connectivity index (χ1n) is 10.9. The number of cyclic esters (lactones) is 1. The summed E-state index contributed by atoms with van der Waals surface area (Å²) < 4.78 is 126. The molecule has 1 fully saturated rings. The number of halogens is 9. The molecule has 1 aliphatic rings. The van der Waals surface area contributed by atoms with Crippen LogP contribution in [0, 0.1) is 0 Å². The van der Waals surface area contributed by atoms with Crippen LogP contribution in [0.25, 0.3) is 10.6 Å². The summed E-state index contributed by atoms with van der Waals surface area (Å²) in [5.74, 6) is 0. The molecule has 1 N–H and O–H groups in total. The minimum Gasteiger partial charge on any atom is -0.447 e. The first-order valence-corrected chi connectivity index (χ1v) is 11.8. The van der Waals surface area contributed by atoms with Crippen molar-refractivity contribution in [3.8, 4) is 10.6 Å². The molecule has 1 aliphatic heterocycles. The van der Waals surface area contributed by atoms with Crippen molar-refractivity contribution in [1.82, 2.24) is 9.88 Å². The number of thiazole rings is 1. The highest BCUT2D eigenvalue weighted by Crippen LogP contribution is 2.43. The third kappa shape index (κ3) is 5.69. The van der Waals surface area contributed by atoms with E-state index in [4.69, 9.17) is 4.74 Å². The number of aliphatic hydroxyl groups excluding tert-OH is 1. The molecule has 0 aliphatic carbocycles. The SMILES string of the molecule is C[C@]1(c2cc(C(F)(F)F)cc(C(F)(F)F)c2)COC(=O)N1Cc1cc(C(F)(F)F)ccc1-c1nc(CO)cs1. The van der Waals surface area contributed by atoms with Crippen molar-refractivity contribution in [2.24, 2.45) is 0 Å². The zero-order valence-corrected chi connectivity index (χ0v) is 20.4. The van der Waals surface area contributed by atoms with Gasteiger partial charge in [0.2, 0.25) is 0 Å². The highest BCUT2D eigenvalue weighted by molar-refractivity contribution is 7.13. The van der Waals surface area contributed by atoms with E-state index in [0.717, 1.165) is 35.3 Å². The largest absolute Gasteiger partial charge is 0.447 e. The first kappa shape index (κ1) is 28.7. The number of rotatable bonds is 5. The quantitative estimate of drug-likeness (QED) is 0.322. The Morgan fingerprint density at radius 2 is 1.54 bits per heavy atom. The second-order valence-electron chi connectivity index (χ2n) is 8.88. The van der Waals surface area contributed by atoms with Gasteiger partial charge in [-0.25, -0.2) is 9.78 Å². The number of hydrogen-bond donors (Lipinski definition) is 1. The number of benzene rings is 2. The summed E-state index contributed by atoms with van der Waals surface area (Å²) in [6.45, 7) is -0.626. The normalized spacial score (nSPS) is 18.5. The standard InChI is InChI=1S/C24H17F9N2O3S/c1-21(14-5-15(23(28,29)30)7-16(6-14)24(31,32)33)11-38-20(37)35(21)8-12-4-13(22(25,26)27)2-3-18(12)19-34-17(9-36)10-39-19/h2-7,10,36H,8-9,11H2,1H3/t21-/m1/s1. The lowest BCUT2D eigenvalue weighted by Crippen LogP contribution is -2.42. The lowest BCUT2D eigenvalue weighted by Gasteiger charge is -2.34. The topological polar surface area (TPSA) is 62.7 Å². The van der Waals surface area contributed by atoms with Gasteiger partial charge in [0.15, 0.2) is 0 Å². The van der Waals surface area contributed by atoms with Crippen molar-refractivity contribution in [3.63, 3.8) is 0 Å². The lowest BCUT2D eigenvalue weighted by molar-refractivity contribution is -0.143. The van der Waals surface area contributed by atoms with Crippen molar-refractivity contribution in [2.45, 2.75) is 44.1 Å². The van der Waals surface area contributed by atoms with Gasteiger partial charge in [-0.3, -0.25) is 4.90 Å². The predicted octanol–water partition coefficient (Wildman–Crippen LogP) is 7.23. The van der Waals surface area contributed by atoms with Gasteiger partial charge >= 0.3 is 24.6 Å². The minimum absolute atomic E-state index is 0.0685. The molecule has 5 nitrogen and oxygen atoms in total. The number of ether oxygens (including phenoxy) is 1. The van der Waals surface area contributed by atoms with Crippen LogP contribution < -0.4 is 0 Å². The van der Waals surface area contributed by atoms with Crippen LogP contribution in [0.1, 0.15) is 40.4 Å². The maximum absolute atomic E-state index is 13.5. The number of alkyl halides is 9. The molecular formula is C24H17F9N2O3S. The molecule has 15 heteroatoms. The third-order valence-corrected chi connectivity index (χ3v) is 7.13. The van der Waals surface area contributed by atoms with E-state index in [-0.39, 0.29) is 27.9 Å². The van der Waals surface area contributed by atoms with Gasteiger partial charge in [0.05, 0.1) is 35.5 Å². The van der Waals surface area contributed by atoms with Crippen LogP contribution in [0.4, 0.5) is 44.3 Å². The van der Waals surface area contributed by atoms with Crippen molar-refractivity contribution >= 4 is 17.4 Å². The molecule has 2 aromatic carbocycles. The molecule has 0 unspecified atom stereocenters. The van der Waals surface area contributed by atoms with E-state index in [1.807, 2.05) is 0 Å². The van der Waals surface area contributed by atoms with E-state index in [1.165, 1.54) is 5.38 Å². The average molecular weight is 584 g/mol. The van der Waals surface area contributed by atoms with Gasteiger partial charge in [0.1, 0.15) is 17.2 Å². The molecule has 1 amide bonds. The van der Waals surface area contributed by atoms with Crippen molar-refractivity contribution in [2.75, 3.05) is 6.61 Å². The van der Waals surface area contributed by atoms with Crippen molar-refractivity contribution in [1.29, 1.82) is 0 Å². The van der Waals surface area contributed by atoms with Crippen LogP contribution in [0.2, 0.25) is 0 Å². The minimum atomic E-state index is -5.16. The molecule has 0 spiro atoms. The van der Waals surface area contributed by atoms with E-state index >= 15 is 0 Å². The Labute approximate surface area is 218 Å². The summed E-state index contributed by atoms with van der Waals surface area (Å²) in [5.41, 5.74) is -6.63. The zero-order valence-electron chi connectivity index (χ0n) is 19.6. The van der Waals surface area contributed by atoms with Crippen LogP contribution in [-0.2, 0) is 42.0 Å². The van der Waals surface area contributed by atoms with E-state index in [1.54, 1.807) is 0 Å². The Balaban J connectivity index is 1.85. The molecule has 3 aromatic rings. The average Bonchev–Trinajstić information content (AvgIpc) is 3.43. The summed E-state index contributed by atoms with van der Waals surface area (Å²) >= 11 is 0.982. The number of aliphatic hydroxyl groups is 1. The second kappa shape index (κ2) is 9.70. The van der Waals surface area contributed by atoms with Gasteiger partial charge < -0.3 is 9.84 Å².